The van der Waals surface area contributed by atoms with Crippen LogP contribution in [0.25, 0.3) is 5.69 Å². The highest BCUT2D eigenvalue weighted by atomic mass is 35.5. The van der Waals surface area contributed by atoms with Gasteiger partial charge >= 0.3 is 0 Å². The molecule has 0 spiro atoms. The number of carbonyl (C=O) groups is 2. The molecule has 0 aliphatic carbocycles. The van der Waals surface area contributed by atoms with Crippen molar-refractivity contribution in [2.75, 3.05) is 44.2 Å². The van der Waals surface area contributed by atoms with Crippen LogP contribution in [0.15, 0.2) is 48.5 Å². The van der Waals surface area contributed by atoms with Crippen molar-refractivity contribution >= 4 is 29.1 Å². The molecule has 0 radical (unpaired) electrons. The first-order chi connectivity index (χ1) is 17.5. The molecular weight excluding hydrogens is 482 g/mol. The lowest BCUT2D eigenvalue weighted by Crippen LogP contribution is -2.50. The predicted octanol–water partition coefficient (Wildman–Crippen LogP) is 2.41. The number of hydrogen-bond acceptors (Lipinski definition) is 7. The van der Waals surface area contributed by atoms with Crippen LogP contribution in [0.5, 0.6) is 5.75 Å². The summed E-state index contributed by atoms with van der Waals surface area (Å²) < 4.78 is 7.18. The normalized spacial score (nSPS) is 18.6. The maximum Gasteiger partial charge on any atom is 0.228 e. The second-order valence-electron chi connectivity index (χ2n) is 8.92. The van der Waals surface area contributed by atoms with Crippen molar-refractivity contribution < 1.29 is 14.3 Å². The third-order valence-electron chi connectivity index (χ3n) is 6.59. The molecule has 11 heteroatoms. The standard InChI is InChI=1S/C25H28ClN7O3/c1-2-36-22-9-7-20(8-10-22)32-16-18(15-24(32)34)25(35)31-13-11-30(12-14-31)17-23-27-28-29-33(23)21-5-3-19(26)4-6-21/h3-10,18H,2,11-17H2,1H3. The maximum atomic E-state index is 13.2. The fourth-order valence-electron chi connectivity index (χ4n) is 4.68. The smallest absolute Gasteiger partial charge is 0.228 e. The third kappa shape index (κ3) is 5.19. The molecule has 0 saturated carbocycles. The van der Waals surface area contributed by atoms with Gasteiger partial charge in [0.2, 0.25) is 11.8 Å². The molecule has 3 aromatic rings. The van der Waals surface area contributed by atoms with Crippen molar-refractivity contribution in [3.05, 3.63) is 59.4 Å². The van der Waals surface area contributed by atoms with Gasteiger partial charge in [-0.3, -0.25) is 14.5 Å². The lowest BCUT2D eigenvalue weighted by molar-refractivity contribution is -0.137. The summed E-state index contributed by atoms with van der Waals surface area (Å²) in [5.41, 5.74) is 1.64. The van der Waals surface area contributed by atoms with Crippen molar-refractivity contribution in [1.82, 2.24) is 30.0 Å². The fourth-order valence-corrected chi connectivity index (χ4v) is 4.81. The molecule has 188 valence electrons. The van der Waals surface area contributed by atoms with E-state index in [0.717, 1.165) is 22.9 Å². The molecule has 1 unspecified atom stereocenters. The van der Waals surface area contributed by atoms with Gasteiger partial charge in [0.25, 0.3) is 0 Å². The number of anilines is 1. The molecule has 0 N–H and O–H groups in total. The Morgan fingerprint density at radius 3 is 2.42 bits per heavy atom. The molecule has 5 rings (SSSR count). The van der Waals surface area contributed by atoms with Gasteiger partial charge in [-0.15, -0.1) is 5.10 Å². The Kier molecular flexibility index (Phi) is 7.15. The number of carbonyl (C=O) groups excluding carboxylic acids is 2. The Morgan fingerprint density at radius 1 is 1.03 bits per heavy atom. The third-order valence-corrected chi connectivity index (χ3v) is 6.84. The van der Waals surface area contributed by atoms with Crippen LogP contribution < -0.4 is 9.64 Å². The van der Waals surface area contributed by atoms with Crippen molar-refractivity contribution in [2.24, 2.45) is 5.92 Å². The summed E-state index contributed by atoms with van der Waals surface area (Å²) in [4.78, 5) is 31.7. The first-order valence-electron chi connectivity index (χ1n) is 12.1. The van der Waals surface area contributed by atoms with Crippen molar-refractivity contribution in [2.45, 2.75) is 19.9 Å². The van der Waals surface area contributed by atoms with E-state index in [9.17, 15) is 9.59 Å². The van der Waals surface area contributed by atoms with E-state index in [-0.39, 0.29) is 24.2 Å². The zero-order valence-corrected chi connectivity index (χ0v) is 20.8. The molecule has 2 aromatic carbocycles. The molecule has 1 aromatic heterocycles. The van der Waals surface area contributed by atoms with Crippen LogP contribution in [-0.4, -0.2) is 81.2 Å². The number of nitrogens with zero attached hydrogens (tertiary/aromatic N) is 7. The predicted molar refractivity (Wildman–Crippen MR) is 134 cm³/mol. The molecule has 2 saturated heterocycles. The van der Waals surface area contributed by atoms with Gasteiger partial charge in [0, 0.05) is 49.9 Å². The number of benzene rings is 2. The Morgan fingerprint density at radius 2 is 1.72 bits per heavy atom. The average molecular weight is 510 g/mol. The van der Waals surface area contributed by atoms with Crippen molar-refractivity contribution in [3.63, 3.8) is 0 Å². The summed E-state index contributed by atoms with van der Waals surface area (Å²) in [6.45, 7) is 6.13. The van der Waals surface area contributed by atoms with E-state index in [2.05, 4.69) is 20.4 Å². The lowest BCUT2D eigenvalue weighted by atomic mass is 10.1. The van der Waals surface area contributed by atoms with Crippen LogP contribution in [-0.2, 0) is 16.1 Å². The summed E-state index contributed by atoms with van der Waals surface area (Å²) in [7, 11) is 0. The van der Waals surface area contributed by atoms with Crippen LogP contribution in [0.2, 0.25) is 5.02 Å². The number of amides is 2. The van der Waals surface area contributed by atoms with Crippen LogP contribution in [0.1, 0.15) is 19.2 Å². The number of ether oxygens (including phenoxy) is 1. The minimum absolute atomic E-state index is 0.0230. The molecule has 1 atom stereocenters. The van der Waals surface area contributed by atoms with Crippen LogP contribution >= 0.6 is 11.6 Å². The molecule has 2 aliphatic rings. The summed E-state index contributed by atoms with van der Waals surface area (Å²) in [6.07, 6.45) is 0.238. The topological polar surface area (TPSA) is 96.7 Å². The Hall–Kier alpha value is -3.50. The van der Waals surface area contributed by atoms with Gasteiger partial charge < -0.3 is 14.5 Å². The molecule has 2 fully saturated rings. The molecule has 3 heterocycles. The monoisotopic (exact) mass is 509 g/mol. The number of aromatic nitrogens is 4. The second-order valence-corrected chi connectivity index (χ2v) is 9.35. The zero-order valence-electron chi connectivity index (χ0n) is 20.1. The van der Waals surface area contributed by atoms with E-state index >= 15 is 0 Å². The van der Waals surface area contributed by atoms with Crippen molar-refractivity contribution in [3.8, 4) is 11.4 Å². The molecule has 2 aliphatic heterocycles. The summed E-state index contributed by atoms with van der Waals surface area (Å²) >= 11 is 5.99. The fraction of sp³-hybridized carbons (Fsp3) is 0.400. The Labute approximate surface area is 214 Å². The quantitative estimate of drug-likeness (QED) is 0.482. The van der Waals surface area contributed by atoms with Crippen LogP contribution in [0, 0.1) is 5.92 Å². The Bertz CT molecular complexity index is 1210. The molecule has 2 amide bonds. The van der Waals surface area contributed by atoms with Gasteiger partial charge in [0.05, 0.1) is 24.8 Å². The largest absolute Gasteiger partial charge is 0.494 e. The van der Waals surface area contributed by atoms with Crippen LogP contribution in [0.3, 0.4) is 0 Å². The van der Waals surface area contributed by atoms with Crippen molar-refractivity contribution in [1.29, 1.82) is 0 Å². The zero-order chi connectivity index (χ0) is 25.1. The summed E-state index contributed by atoms with van der Waals surface area (Å²) in [5.74, 6) is 1.19. The minimum atomic E-state index is -0.326. The molecule has 10 nitrogen and oxygen atoms in total. The lowest BCUT2D eigenvalue weighted by Gasteiger charge is -2.35. The van der Waals surface area contributed by atoms with Gasteiger partial charge in [-0.25, -0.2) is 0 Å². The van der Waals surface area contributed by atoms with E-state index in [1.54, 1.807) is 21.7 Å². The van der Waals surface area contributed by atoms with Gasteiger partial charge in [0.15, 0.2) is 5.82 Å². The molecular formula is C25H28ClN7O3. The number of tetrazole rings is 1. The first-order valence-corrected chi connectivity index (χ1v) is 12.5. The van der Waals surface area contributed by atoms with Crippen LogP contribution in [0.4, 0.5) is 5.69 Å². The van der Waals surface area contributed by atoms with Gasteiger partial charge in [-0.2, -0.15) is 4.68 Å². The number of rotatable bonds is 7. The van der Waals surface area contributed by atoms with Gasteiger partial charge in [-0.1, -0.05) is 11.6 Å². The number of halogens is 1. The van der Waals surface area contributed by atoms with Gasteiger partial charge in [-0.05, 0) is 65.9 Å². The van der Waals surface area contributed by atoms with E-state index < -0.39 is 0 Å². The van der Waals surface area contributed by atoms with E-state index in [1.165, 1.54) is 0 Å². The van der Waals surface area contributed by atoms with E-state index in [4.69, 9.17) is 16.3 Å². The van der Waals surface area contributed by atoms with E-state index in [0.29, 0.717) is 50.9 Å². The number of hydrogen-bond donors (Lipinski definition) is 0. The highest BCUT2D eigenvalue weighted by Crippen LogP contribution is 2.28. The Balaban J connectivity index is 1.15. The highest BCUT2D eigenvalue weighted by molar-refractivity contribution is 6.30. The average Bonchev–Trinajstić information content (AvgIpc) is 3.52. The molecule has 36 heavy (non-hydrogen) atoms. The minimum Gasteiger partial charge on any atom is -0.494 e. The molecule has 0 bridgehead atoms. The SMILES string of the molecule is CCOc1ccc(N2CC(C(=O)N3CCN(Cc4nnnn4-c4ccc(Cl)cc4)CC3)CC2=O)cc1. The second kappa shape index (κ2) is 10.6. The summed E-state index contributed by atoms with van der Waals surface area (Å²) in [6, 6.07) is 14.8. The van der Waals surface area contributed by atoms with E-state index in [1.807, 2.05) is 48.2 Å². The number of piperazine rings is 1. The maximum absolute atomic E-state index is 13.2. The van der Waals surface area contributed by atoms with Gasteiger partial charge in [0.1, 0.15) is 5.75 Å². The summed E-state index contributed by atoms with van der Waals surface area (Å²) in [5, 5.41) is 12.8. The highest BCUT2D eigenvalue weighted by Gasteiger charge is 2.38. The first kappa shape index (κ1) is 24.2.